The molecule has 0 aliphatic carbocycles. The lowest BCUT2D eigenvalue weighted by Crippen LogP contribution is -2.60. The summed E-state index contributed by atoms with van der Waals surface area (Å²) >= 11 is 0. The van der Waals surface area contributed by atoms with E-state index in [-0.39, 0.29) is 0 Å². The molecule has 4 rings (SSSR count). The molecule has 0 saturated carbocycles. The number of hydrogen-bond acceptors (Lipinski definition) is 12. The number of hydrogen-bond donors (Lipinski definition) is 8. The molecule has 3 aromatic rings. The first-order valence-electron chi connectivity index (χ1n) is 10.9. The van der Waals surface area contributed by atoms with Crippen molar-refractivity contribution in [3.8, 4) is 40.1 Å². The van der Waals surface area contributed by atoms with Crippen LogP contribution in [0.4, 0.5) is 0 Å². The van der Waals surface area contributed by atoms with E-state index in [4.69, 9.17) is 18.0 Å². The molecule has 0 radical (unpaired) electrons. The van der Waals surface area contributed by atoms with E-state index in [9.17, 15) is 45.6 Å². The van der Waals surface area contributed by atoms with E-state index in [1.807, 2.05) is 0 Å². The lowest BCUT2D eigenvalue weighted by atomic mass is 9.99. The second-order valence-corrected chi connectivity index (χ2v) is 7.19. The maximum absolute atomic E-state index is 13.4. The molecule has 8 N–H and O–H groups in total. The Hall–Kier alpha value is -3.55. The molecule has 0 spiro atoms. The fourth-order valence-corrected chi connectivity index (χ4v) is 3.32. The molecule has 12 heteroatoms. The van der Waals surface area contributed by atoms with Crippen LogP contribution in [0.2, 0.25) is 0 Å². The molecule has 1 aliphatic heterocycles. The molecule has 2 aromatic carbocycles. The van der Waals surface area contributed by atoms with Gasteiger partial charge in [-0.2, -0.15) is 0 Å². The number of aliphatic hydroxyl groups excluding tert-OH is 4. The van der Waals surface area contributed by atoms with Gasteiger partial charge in [-0.1, -0.05) is 0 Å². The molecule has 5 atom stereocenters. The molecule has 2 heterocycles. The van der Waals surface area contributed by atoms with Gasteiger partial charge in [0.15, 0.2) is 17.3 Å². The van der Waals surface area contributed by atoms with E-state index in [0.717, 1.165) is 12.1 Å². The number of fused-ring (bicyclic) bond motifs is 1. The molecule has 0 bridgehead atoms. The molecule has 0 unspecified atom stereocenters. The predicted molar refractivity (Wildman–Crippen MR) is 109 cm³/mol. The number of aliphatic hydroxyl groups is 4. The number of aromatic hydroxyl groups is 4. The highest BCUT2D eigenvalue weighted by molar-refractivity contribution is 5.88. The Bertz CT molecular complexity index is 1380. The summed E-state index contributed by atoms with van der Waals surface area (Å²) in [5.74, 6) is -5.26. The third-order valence-corrected chi connectivity index (χ3v) is 5.00. The SMILES string of the molecule is [2H]c1c([2H])c(-c2oc3cc(O)cc(O)c3c(=O)c2O[C@@H]2O[C@H](CO)[C@@H](O)[C@H](O)[C@H]2O)c([2H])c(O)c1O. The van der Waals surface area contributed by atoms with Crippen LogP contribution in [-0.2, 0) is 4.74 Å². The average molecular weight is 467 g/mol. The van der Waals surface area contributed by atoms with Crippen LogP contribution in [0.3, 0.4) is 0 Å². The van der Waals surface area contributed by atoms with Gasteiger partial charge in [0.05, 0.1) is 10.7 Å². The monoisotopic (exact) mass is 467 g/mol. The van der Waals surface area contributed by atoms with E-state index in [1.165, 1.54) is 0 Å². The minimum absolute atomic E-state index is 0.466. The van der Waals surface area contributed by atoms with Gasteiger partial charge < -0.3 is 54.7 Å². The van der Waals surface area contributed by atoms with Crippen LogP contribution in [0, 0.1) is 0 Å². The van der Waals surface area contributed by atoms with Gasteiger partial charge in [0, 0.05) is 17.7 Å². The fraction of sp³-hybridized carbons (Fsp3) is 0.286. The summed E-state index contributed by atoms with van der Waals surface area (Å²) < 4.78 is 40.4. The maximum atomic E-state index is 13.4. The lowest BCUT2D eigenvalue weighted by Gasteiger charge is -2.39. The zero-order valence-corrected chi connectivity index (χ0v) is 16.5. The summed E-state index contributed by atoms with van der Waals surface area (Å²) in [5, 5.41) is 79.2. The van der Waals surface area contributed by atoms with Crippen LogP contribution in [0.5, 0.6) is 28.7 Å². The van der Waals surface area contributed by atoms with Gasteiger partial charge in [0.2, 0.25) is 17.5 Å². The zero-order valence-electron chi connectivity index (χ0n) is 19.5. The topological polar surface area (TPSA) is 211 Å². The Kier molecular flexibility index (Phi) is 4.84. The van der Waals surface area contributed by atoms with Crippen LogP contribution >= 0.6 is 0 Å². The maximum Gasteiger partial charge on any atom is 0.239 e. The van der Waals surface area contributed by atoms with Crippen molar-refractivity contribution in [3.05, 3.63) is 40.5 Å². The number of ether oxygens (including phenoxy) is 2. The lowest BCUT2D eigenvalue weighted by molar-refractivity contribution is -0.277. The van der Waals surface area contributed by atoms with Crippen LogP contribution < -0.4 is 10.2 Å². The average Bonchev–Trinajstić information content (AvgIpc) is 2.83. The van der Waals surface area contributed by atoms with E-state index in [1.54, 1.807) is 0 Å². The van der Waals surface area contributed by atoms with Crippen LogP contribution in [-0.4, -0.2) is 78.2 Å². The zero-order chi connectivity index (χ0) is 26.6. The Morgan fingerprint density at radius 2 is 1.70 bits per heavy atom. The van der Waals surface area contributed by atoms with E-state index < -0.39 is 112 Å². The smallest absolute Gasteiger partial charge is 0.239 e. The van der Waals surface area contributed by atoms with Gasteiger partial charge in [-0.15, -0.1) is 0 Å². The van der Waals surface area contributed by atoms with Crippen molar-refractivity contribution in [1.82, 2.24) is 0 Å². The normalized spacial score (nSPS) is 26.5. The van der Waals surface area contributed by atoms with Crippen LogP contribution in [0.1, 0.15) is 4.11 Å². The van der Waals surface area contributed by atoms with E-state index in [0.29, 0.717) is 0 Å². The third kappa shape index (κ3) is 3.90. The number of phenolic OH excluding ortho intramolecular Hbond substituents is 4. The molecule has 176 valence electrons. The highest BCUT2D eigenvalue weighted by atomic mass is 16.7. The number of rotatable bonds is 4. The first kappa shape index (κ1) is 19.0. The Morgan fingerprint density at radius 1 is 0.970 bits per heavy atom. The standard InChI is InChI=1S/C21H20O12/c22-6-13-15(27)17(29)18(30)21(32-13)33-20-16(28)14-11(26)4-8(23)5-12(14)31-19(20)7-1-2-9(24)10(25)3-7/h1-5,13,15,17-18,21-27,29-30H,6H2/t13-,15-,17+,18-,21+/m1/s1/i1D,2D,3D. The number of benzene rings is 2. The summed E-state index contributed by atoms with van der Waals surface area (Å²) in [5.41, 5.74) is -2.37. The fourth-order valence-electron chi connectivity index (χ4n) is 3.32. The molecule has 1 saturated heterocycles. The third-order valence-electron chi connectivity index (χ3n) is 5.00. The van der Waals surface area contributed by atoms with Crippen LogP contribution in [0.15, 0.2) is 39.5 Å². The first-order chi connectivity index (χ1) is 16.9. The summed E-state index contributed by atoms with van der Waals surface area (Å²) in [6.45, 7) is -0.828. The second kappa shape index (κ2) is 8.42. The van der Waals surface area contributed by atoms with Crippen molar-refractivity contribution >= 4 is 11.0 Å². The second-order valence-electron chi connectivity index (χ2n) is 7.19. The largest absolute Gasteiger partial charge is 0.508 e. The Balaban J connectivity index is 2.02. The van der Waals surface area contributed by atoms with Gasteiger partial charge >= 0.3 is 0 Å². The summed E-state index contributed by atoms with van der Waals surface area (Å²) in [7, 11) is 0. The quantitative estimate of drug-likeness (QED) is 0.227. The molecule has 1 aliphatic rings. The Labute approximate surface area is 188 Å². The summed E-state index contributed by atoms with van der Waals surface area (Å²) in [6, 6.07) is -1.08. The predicted octanol–water partition coefficient (Wildman–Crippen LogP) is -0.539. The minimum atomic E-state index is -2.00. The van der Waals surface area contributed by atoms with Crippen LogP contribution in [0.25, 0.3) is 22.3 Å². The molecule has 33 heavy (non-hydrogen) atoms. The number of phenols is 4. The summed E-state index contributed by atoms with van der Waals surface area (Å²) in [4.78, 5) is 13.4. The molecular formula is C21H20O12. The molecular weight excluding hydrogens is 444 g/mol. The van der Waals surface area contributed by atoms with Gasteiger partial charge in [0.25, 0.3) is 0 Å². The highest BCUT2D eigenvalue weighted by Gasteiger charge is 2.45. The first-order valence-corrected chi connectivity index (χ1v) is 9.41. The molecule has 0 amide bonds. The van der Waals surface area contributed by atoms with E-state index in [2.05, 4.69) is 0 Å². The van der Waals surface area contributed by atoms with Gasteiger partial charge in [-0.05, 0) is 18.1 Å². The van der Waals surface area contributed by atoms with Crippen molar-refractivity contribution in [3.63, 3.8) is 0 Å². The minimum Gasteiger partial charge on any atom is -0.508 e. The highest BCUT2D eigenvalue weighted by Crippen LogP contribution is 2.39. The molecule has 12 nitrogen and oxygen atoms in total. The van der Waals surface area contributed by atoms with Gasteiger partial charge in [-0.3, -0.25) is 4.79 Å². The van der Waals surface area contributed by atoms with Crippen molar-refractivity contribution in [2.75, 3.05) is 6.61 Å². The molecule has 1 aromatic heterocycles. The van der Waals surface area contributed by atoms with Gasteiger partial charge in [-0.25, -0.2) is 0 Å². The van der Waals surface area contributed by atoms with E-state index >= 15 is 0 Å². The Morgan fingerprint density at radius 3 is 2.39 bits per heavy atom. The summed E-state index contributed by atoms with van der Waals surface area (Å²) in [6.07, 6.45) is -9.04. The van der Waals surface area contributed by atoms with Crippen molar-refractivity contribution < 1.29 is 58.9 Å². The molecule has 1 fully saturated rings. The van der Waals surface area contributed by atoms with Crippen molar-refractivity contribution in [2.45, 2.75) is 30.7 Å². The van der Waals surface area contributed by atoms with Gasteiger partial charge in [0.1, 0.15) is 46.9 Å². The van der Waals surface area contributed by atoms with Crippen molar-refractivity contribution in [2.24, 2.45) is 0 Å². The van der Waals surface area contributed by atoms with Crippen molar-refractivity contribution in [1.29, 1.82) is 0 Å².